The van der Waals surface area contributed by atoms with Crippen molar-refractivity contribution in [3.8, 4) is 0 Å². The highest BCUT2D eigenvalue weighted by atomic mass is 32.2. The summed E-state index contributed by atoms with van der Waals surface area (Å²) in [5, 5.41) is 5.69. The lowest BCUT2D eigenvalue weighted by Gasteiger charge is -2.12. The SMILES string of the molecule is Cc1ccccc1SCC(=O)Nc1ccccc1C(=O)Nc1ccccc1. The molecule has 2 N–H and O–H groups in total. The van der Waals surface area contributed by atoms with Crippen LogP contribution in [0.25, 0.3) is 0 Å². The Kier molecular flexibility index (Phi) is 6.28. The van der Waals surface area contributed by atoms with Crippen LogP contribution in [0.2, 0.25) is 0 Å². The number of nitrogens with one attached hydrogen (secondary N) is 2. The van der Waals surface area contributed by atoms with Crippen molar-refractivity contribution in [2.75, 3.05) is 16.4 Å². The van der Waals surface area contributed by atoms with E-state index in [9.17, 15) is 9.59 Å². The summed E-state index contributed by atoms with van der Waals surface area (Å²) in [5.41, 5.74) is 2.77. The fourth-order valence-corrected chi connectivity index (χ4v) is 3.39. The minimum atomic E-state index is -0.261. The summed E-state index contributed by atoms with van der Waals surface area (Å²) in [7, 11) is 0. The van der Waals surface area contributed by atoms with Gasteiger partial charge in [-0.15, -0.1) is 11.8 Å². The highest BCUT2D eigenvalue weighted by molar-refractivity contribution is 8.00. The number of benzene rings is 3. The minimum absolute atomic E-state index is 0.150. The van der Waals surface area contributed by atoms with Crippen LogP contribution in [0.1, 0.15) is 15.9 Å². The molecule has 27 heavy (non-hydrogen) atoms. The topological polar surface area (TPSA) is 58.2 Å². The molecule has 2 amide bonds. The number of amides is 2. The number of rotatable bonds is 6. The third-order valence-electron chi connectivity index (χ3n) is 3.93. The van der Waals surface area contributed by atoms with E-state index in [0.29, 0.717) is 16.9 Å². The van der Waals surface area contributed by atoms with Crippen LogP contribution in [0.15, 0.2) is 83.8 Å². The van der Waals surface area contributed by atoms with E-state index >= 15 is 0 Å². The second-order valence-corrected chi connectivity index (χ2v) is 6.99. The Bertz CT molecular complexity index is 942. The van der Waals surface area contributed by atoms with Crippen molar-refractivity contribution in [1.82, 2.24) is 0 Å². The number of carbonyl (C=O) groups is 2. The Morgan fingerprint density at radius 3 is 2.26 bits per heavy atom. The number of aryl methyl sites for hydroxylation is 1. The van der Waals surface area contributed by atoms with E-state index in [1.807, 2.05) is 61.5 Å². The summed E-state index contributed by atoms with van der Waals surface area (Å²) in [6.45, 7) is 2.02. The van der Waals surface area contributed by atoms with E-state index in [1.165, 1.54) is 11.8 Å². The third-order valence-corrected chi connectivity index (χ3v) is 5.11. The normalized spacial score (nSPS) is 10.3. The maximum atomic E-state index is 12.6. The lowest BCUT2D eigenvalue weighted by molar-refractivity contribution is -0.113. The monoisotopic (exact) mass is 376 g/mol. The molecule has 5 heteroatoms. The lowest BCUT2D eigenvalue weighted by atomic mass is 10.1. The van der Waals surface area contributed by atoms with Crippen LogP contribution in [0.4, 0.5) is 11.4 Å². The van der Waals surface area contributed by atoms with Gasteiger partial charge in [0.15, 0.2) is 0 Å². The van der Waals surface area contributed by atoms with Crippen molar-refractivity contribution in [2.24, 2.45) is 0 Å². The van der Waals surface area contributed by atoms with Crippen molar-refractivity contribution < 1.29 is 9.59 Å². The Morgan fingerprint density at radius 1 is 0.815 bits per heavy atom. The Hall–Kier alpha value is -3.05. The largest absolute Gasteiger partial charge is 0.325 e. The van der Waals surface area contributed by atoms with Gasteiger partial charge in [-0.2, -0.15) is 0 Å². The zero-order valence-electron chi connectivity index (χ0n) is 14.9. The molecule has 3 aromatic rings. The molecule has 0 heterocycles. The molecule has 0 aliphatic heterocycles. The second-order valence-electron chi connectivity index (χ2n) is 5.97. The lowest BCUT2D eigenvalue weighted by Crippen LogP contribution is -2.19. The van der Waals surface area contributed by atoms with Gasteiger partial charge in [0.2, 0.25) is 5.91 Å². The van der Waals surface area contributed by atoms with Crippen LogP contribution in [0, 0.1) is 6.92 Å². The van der Waals surface area contributed by atoms with Crippen molar-refractivity contribution in [3.05, 3.63) is 90.0 Å². The summed E-state index contributed by atoms with van der Waals surface area (Å²) in [6, 6.07) is 24.2. The third kappa shape index (κ3) is 5.21. The molecule has 0 atom stereocenters. The summed E-state index contributed by atoms with van der Waals surface area (Å²) in [5.74, 6) is -0.133. The molecular formula is C22H20N2O2S. The van der Waals surface area contributed by atoms with Gasteiger partial charge in [-0.1, -0.05) is 48.5 Å². The molecule has 0 aromatic heterocycles. The first-order valence-corrected chi connectivity index (χ1v) is 9.56. The van der Waals surface area contributed by atoms with Crippen LogP contribution in [-0.4, -0.2) is 17.6 Å². The molecule has 0 saturated heterocycles. The summed E-state index contributed by atoms with van der Waals surface area (Å²) >= 11 is 1.48. The number of thioether (sulfide) groups is 1. The van der Waals surface area contributed by atoms with E-state index in [2.05, 4.69) is 10.6 Å². The maximum Gasteiger partial charge on any atom is 0.257 e. The molecule has 0 fully saturated rings. The van der Waals surface area contributed by atoms with Crippen LogP contribution >= 0.6 is 11.8 Å². The average molecular weight is 376 g/mol. The van der Waals surface area contributed by atoms with Gasteiger partial charge in [0.1, 0.15) is 0 Å². The van der Waals surface area contributed by atoms with E-state index in [4.69, 9.17) is 0 Å². The van der Waals surface area contributed by atoms with E-state index in [0.717, 1.165) is 10.5 Å². The number of para-hydroxylation sites is 2. The van der Waals surface area contributed by atoms with Gasteiger partial charge in [-0.25, -0.2) is 0 Å². The first-order valence-electron chi connectivity index (χ1n) is 8.57. The van der Waals surface area contributed by atoms with Gasteiger partial charge in [-0.3, -0.25) is 9.59 Å². The van der Waals surface area contributed by atoms with E-state index in [1.54, 1.807) is 24.3 Å². The second kappa shape index (κ2) is 9.05. The molecule has 3 aromatic carbocycles. The van der Waals surface area contributed by atoms with Gasteiger partial charge < -0.3 is 10.6 Å². The smallest absolute Gasteiger partial charge is 0.257 e. The fourth-order valence-electron chi connectivity index (χ4n) is 2.56. The first kappa shape index (κ1) is 18.7. The molecule has 0 spiro atoms. The van der Waals surface area contributed by atoms with Gasteiger partial charge in [0.25, 0.3) is 5.91 Å². The fraction of sp³-hybridized carbons (Fsp3) is 0.0909. The minimum Gasteiger partial charge on any atom is -0.325 e. The number of carbonyl (C=O) groups excluding carboxylic acids is 2. The van der Waals surface area contributed by atoms with Gasteiger partial charge in [-0.05, 0) is 42.8 Å². The number of anilines is 2. The van der Waals surface area contributed by atoms with E-state index in [-0.39, 0.29) is 17.6 Å². The zero-order valence-corrected chi connectivity index (χ0v) is 15.8. The van der Waals surface area contributed by atoms with Crippen LogP contribution in [0.5, 0.6) is 0 Å². The van der Waals surface area contributed by atoms with Gasteiger partial charge in [0, 0.05) is 10.6 Å². The predicted octanol–water partition coefficient (Wildman–Crippen LogP) is 4.98. The summed E-state index contributed by atoms with van der Waals surface area (Å²) in [4.78, 5) is 26.0. The van der Waals surface area contributed by atoms with Crippen molar-refractivity contribution in [3.63, 3.8) is 0 Å². The average Bonchev–Trinajstić information content (AvgIpc) is 2.68. The standard InChI is InChI=1S/C22H20N2O2S/c1-16-9-5-8-14-20(16)27-15-21(25)24-19-13-7-6-12-18(19)22(26)23-17-10-3-2-4-11-17/h2-14H,15H2,1H3,(H,23,26)(H,24,25). The van der Waals surface area contributed by atoms with Crippen molar-refractivity contribution in [2.45, 2.75) is 11.8 Å². The van der Waals surface area contributed by atoms with Crippen LogP contribution in [0.3, 0.4) is 0 Å². The number of hydrogen-bond donors (Lipinski definition) is 2. The Labute approximate surface area is 163 Å². The molecule has 0 radical (unpaired) electrons. The Morgan fingerprint density at radius 2 is 1.48 bits per heavy atom. The van der Waals surface area contributed by atoms with Gasteiger partial charge >= 0.3 is 0 Å². The zero-order chi connectivity index (χ0) is 19.1. The predicted molar refractivity (Wildman–Crippen MR) is 111 cm³/mol. The first-order chi connectivity index (χ1) is 13.1. The molecule has 4 nitrogen and oxygen atoms in total. The quantitative estimate of drug-likeness (QED) is 0.597. The molecule has 0 aliphatic rings. The summed E-state index contributed by atoms with van der Waals surface area (Å²) < 4.78 is 0. The Balaban J connectivity index is 1.66. The molecule has 0 unspecified atom stereocenters. The van der Waals surface area contributed by atoms with Gasteiger partial charge in [0.05, 0.1) is 17.0 Å². The summed E-state index contributed by atoms with van der Waals surface area (Å²) in [6.07, 6.45) is 0. The van der Waals surface area contributed by atoms with Crippen molar-refractivity contribution >= 4 is 35.0 Å². The van der Waals surface area contributed by atoms with Crippen molar-refractivity contribution in [1.29, 1.82) is 0 Å². The maximum absolute atomic E-state index is 12.6. The molecule has 136 valence electrons. The molecular weight excluding hydrogens is 356 g/mol. The van der Waals surface area contributed by atoms with Crippen LogP contribution < -0.4 is 10.6 Å². The highest BCUT2D eigenvalue weighted by Crippen LogP contribution is 2.23. The van der Waals surface area contributed by atoms with Crippen LogP contribution in [-0.2, 0) is 4.79 Å². The number of hydrogen-bond acceptors (Lipinski definition) is 3. The molecule has 0 aliphatic carbocycles. The molecule has 3 rings (SSSR count). The van der Waals surface area contributed by atoms with E-state index < -0.39 is 0 Å². The highest BCUT2D eigenvalue weighted by Gasteiger charge is 2.13. The molecule has 0 saturated carbocycles. The molecule has 0 bridgehead atoms.